The molecule has 1 heterocycles. The molecule has 3 rings (SSSR count). The zero-order valence-electron chi connectivity index (χ0n) is 13.4. The van der Waals surface area contributed by atoms with Gasteiger partial charge in [-0.1, -0.05) is 35.9 Å². The summed E-state index contributed by atoms with van der Waals surface area (Å²) in [5, 5.41) is 3.51. The number of hydrogen-bond acceptors (Lipinski definition) is 4. The minimum Gasteiger partial charge on any atom is -0.449 e. The maximum atomic E-state index is 12.1. The first kappa shape index (κ1) is 15.8. The van der Waals surface area contributed by atoms with Crippen LogP contribution < -0.4 is 5.32 Å². The van der Waals surface area contributed by atoms with Crippen molar-refractivity contribution < 1.29 is 18.7 Å². The number of hydrogen-bond donors (Lipinski definition) is 1. The number of furan rings is 1. The lowest BCUT2D eigenvalue weighted by Gasteiger charge is -2.12. The van der Waals surface area contributed by atoms with Crippen LogP contribution in [0.15, 0.2) is 59.0 Å². The fourth-order valence-electron chi connectivity index (χ4n) is 2.24. The number of nitrogens with one attached hydrogen (secondary N) is 1. The molecule has 3 aromatic rings. The fraction of sp³-hybridized carbons (Fsp3) is 0.158. The van der Waals surface area contributed by atoms with Crippen LogP contribution in [0.4, 0.5) is 5.69 Å². The Morgan fingerprint density at radius 2 is 1.79 bits per heavy atom. The van der Waals surface area contributed by atoms with Crippen LogP contribution in [0.25, 0.3) is 11.0 Å². The van der Waals surface area contributed by atoms with Gasteiger partial charge in [0.15, 0.2) is 6.10 Å². The molecule has 24 heavy (non-hydrogen) atoms. The summed E-state index contributed by atoms with van der Waals surface area (Å²) in [6, 6.07) is 16.2. The van der Waals surface area contributed by atoms with E-state index in [2.05, 4.69) is 5.32 Å². The minimum absolute atomic E-state index is 0.0752. The highest BCUT2D eigenvalue weighted by atomic mass is 16.6. The van der Waals surface area contributed by atoms with Gasteiger partial charge in [-0.2, -0.15) is 0 Å². The topological polar surface area (TPSA) is 68.5 Å². The van der Waals surface area contributed by atoms with E-state index in [4.69, 9.17) is 9.15 Å². The van der Waals surface area contributed by atoms with E-state index in [1.807, 2.05) is 37.3 Å². The first-order valence-electron chi connectivity index (χ1n) is 7.60. The predicted octanol–water partition coefficient (Wildman–Crippen LogP) is 3.93. The van der Waals surface area contributed by atoms with E-state index in [-0.39, 0.29) is 5.76 Å². The zero-order chi connectivity index (χ0) is 17.1. The number of aryl methyl sites for hydroxylation is 1. The third-order valence-electron chi connectivity index (χ3n) is 3.60. The number of carbonyl (C=O) groups excluding carboxylic acids is 2. The molecule has 0 aliphatic carbocycles. The fourth-order valence-corrected chi connectivity index (χ4v) is 2.24. The van der Waals surface area contributed by atoms with Gasteiger partial charge in [-0.15, -0.1) is 0 Å². The van der Waals surface area contributed by atoms with Crippen LogP contribution in [-0.2, 0) is 9.53 Å². The van der Waals surface area contributed by atoms with E-state index >= 15 is 0 Å². The highest BCUT2D eigenvalue weighted by molar-refractivity contribution is 5.97. The standard InChI is InChI=1S/C19H17NO4/c1-12-7-9-15(10-8-12)20-18(21)13(2)23-19(22)17-11-14-5-3-4-6-16(14)24-17/h3-11,13H,1-2H3,(H,20,21)/t13-/m0/s1. The second-order valence-corrected chi connectivity index (χ2v) is 5.55. The van der Waals surface area contributed by atoms with Gasteiger partial charge in [-0.25, -0.2) is 4.79 Å². The first-order valence-corrected chi connectivity index (χ1v) is 7.60. The first-order chi connectivity index (χ1) is 11.5. The minimum atomic E-state index is -0.938. The van der Waals surface area contributed by atoms with Gasteiger partial charge in [0.1, 0.15) is 5.58 Å². The Hall–Kier alpha value is -3.08. The summed E-state index contributed by atoms with van der Waals surface area (Å²) in [5.41, 5.74) is 2.34. The van der Waals surface area contributed by atoms with E-state index in [0.717, 1.165) is 10.9 Å². The van der Waals surface area contributed by atoms with Crippen LogP contribution in [0.5, 0.6) is 0 Å². The van der Waals surface area contributed by atoms with Gasteiger partial charge in [-0.3, -0.25) is 4.79 Å². The Morgan fingerprint density at radius 3 is 2.50 bits per heavy atom. The lowest BCUT2D eigenvalue weighted by atomic mass is 10.2. The Kier molecular flexibility index (Phi) is 4.33. The number of anilines is 1. The maximum absolute atomic E-state index is 12.1. The molecule has 1 aromatic heterocycles. The van der Waals surface area contributed by atoms with E-state index in [9.17, 15) is 9.59 Å². The van der Waals surface area contributed by atoms with E-state index in [1.54, 1.807) is 24.3 Å². The quantitative estimate of drug-likeness (QED) is 0.739. The molecule has 0 unspecified atom stereocenters. The third-order valence-corrected chi connectivity index (χ3v) is 3.60. The number of para-hydroxylation sites is 1. The molecule has 0 spiro atoms. The highest BCUT2D eigenvalue weighted by Gasteiger charge is 2.21. The molecule has 122 valence electrons. The Morgan fingerprint density at radius 1 is 1.08 bits per heavy atom. The molecule has 0 radical (unpaired) electrons. The van der Waals surface area contributed by atoms with E-state index in [0.29, 0.717) is 11.3 Å². The molecular weight excluding hydrogens is 306 g/mol. The SMILES string of the molecule is Cc1ccc(NC(=O)[C@H](C)OC(=O)c2cc3ccccc3o2)cc1. The second kappa shape index (κ2) is 6.58. The van der Waals surface area contributed by atoms with Crippen molar-refractivity contribution in [3.8, 4) is 0 Å². The van der Waals surface area contributed by atoms with Gasteiger partial charge in [0.05, 0.1) is 0 Å². The monoisotopic (exact) mass is 323 g/mol. The van der Waals surface area contributed by atoms with Crippen molar-refractivity contribution in [1.29, 1.82) is 0 Å². The summed E-state index contributed by atoms with van der Waals surface area (Å²) >= 11 is 0. The summed E-state index contributed by atoms with van der Waals surface area (Å²) in [4.78, 5) is 24.2. The number of rotatable bonds is 4. The predicted molar refractivity (Wildman–Crippen MR) is 90.9 cm³/mol. The molecule has 1 amide bonds. The van der Waals surface area contributed by atoms with Gasteiger partial charge in [0.2, 0.25) is 5.76 Å². The Labute approximate surface area is 139 Å². The number of ether oxygens (including phenoxy) is 1. The van der Waals surface area contributed by atoms with Crippen LogP contribution in [0.1, 0.15) is 23.0 Å². The van der Waals surface area contributed by atoms with Crippen molar-refractivity contribution >= 4 is 28.5 Å². The van der Waals surface area contributed by atoms with Crippen molar-refractivity contribution in [2.75, 3.05) is 5.32 Å². The average Bonchev–Trinajstić information content (AvgIpc) is 3.01. The van der Waals surface area contributed by atoms with Crippen molar-refractivity contribution in [2.24, 2.45) is 0 Å². The van der Waals surface area contributed by atoms with Crippen LogP contribution in [0.3, 0.4) is 0 Å². The molecule has 0 fully saturated rings. The lowest BCUT2D eigenvalue weighted by molar-refractivity contribution is -0.123. The number of benzene rings is 2. The smallest absolute Gasteiger partial charge is 0.375 e. The lowest BCUT2D eigenvalue weighted by Crippen LogP contribution is -2.29. The van der Waals surface area contributed by atoms with Crippen molar-refractivity contribution in [3.05, 3.63) is 65.9 Å². The average molecular weight is 323 g/mol. The molecule has 2 aromatic carbocycles. The molecule has 1 atom stereocenters. The molecule has 1 N–H and O–H groups in total. The zero-order valence-corrected chi connectivity index (χ0v) is 13.4. The highest BCUT2D eigenvalue weighted by Crippen LogP contribution is 2.20. The van der Waals surface area contributed by atoms with Crippen molar-refractivity contribution in [2.45, 2.75) is 20.0 Å². The second-order valence-electron chi connectivity index (χ2n) is 5.55. The van der Waals surface area contributed by atoms with Crippen molar-refractivity contribution in [1.82, 2.24) is 0 Å². The molecule has 0 aliphatic rings. The number of esters is 1. The van der Waals surface area contributed by atoms with Crippen LogP contribution >= 0.6 is 0 Å². The molecule has 0 aliphatic heterocycles. The normalized spacial score (nSPS) is 11.9. The van der Waals surface area contributed by atoms with Gasteiger partial charge in [0.25, 0.3) is 5.91 Å². The summed E-state index contributed by atoms with van der Waals surface area (Å²) in [6.45, 7) is 3.48. The number of amides is 1. The van der Waals surface area contributed by atoms with Gasteiger partial charge in [0, 0.05) is 11.1 Å². The number of fused-ring (bicyclic) bond motifs is 1. The molecular formula is C19H17NO4. The molecule has 5 nitrogen and oxygen atoms in total. The maximum Gasteiger partial charge on any atom is 0.375 e. The summed E-state index contributed by atoms with van der Waals surface area (Å²) < 4.78 is 10.6. The van der Waals surface area contributed by atoms with Gasteiger partial charge in [-0.05, 0) is 38.1 Å². The largest absolute Gasteiger partial charge is 0.449 e. The summed E-state index contributed by atoms with van der Waals surface area (Å²) in [5.74, 6) is -0.993. The van der Waals surface area contributed by atoms with Crippen LogP contribution in [0, 0.1) is 6.92 Å². The van der Waals surface area contributed by atoms with E-state index < -0.39 is 18.0 Å². The van der Waals surface area contributed by atoms with Gasteiger partial charge < -0.3 is 14.5 Å². The van der Waals surface area contributed by atoms with Crippen molar-refractivity contribution in [3.63, 3.8) is 0 Å². The summed E-state index contributed by atoms with van der Waals surface area (Å²) in [6.07, 6.45) is -0.938. The molecule has 5 heteroatoms. The third kappa shape index (κ3) is 3.46. The molecule has 0 saturated carbocycles. The number of carbonyl (C=O) groups is 2. The van der Waals surface area contributed by atoms with E-state index in [1.165, 1.54) is 6.92 Å². The van der Waals surface area contributed by atoms with Crippen LogP contribution in [0.2, 0.25) is 0 Å². The summed E-state index contributed by atoms with van der Waals surface area (Å²) in [7, 11) is 0. The van der Waals surface area contributed by atoms with Crippen LogP contribution in [-0.4, -0.2) is 18.0 Å². The van der Waals surface area contributed by atoms with Gasteiger partial charge >= 0.3 is 5.97 Å². The molecule has 0 saturated heterocycles. The molecule has 0 bridgehead atoms. The Balaban J connectivity index is 1.64. The Bertz CT molecular complexity index is 847.